The Morgan fingerprint density at radius 1 is 1.50 bits per heavy atom. The molecule has 0 aromatic heterocycles. The van der Waals surface area contributed by atoms with Crippen LogP contribution in [0, 0.1) is 11.3 Å². The number of halogens is 1. The van der Waals surface area contributed by atoms with Gasteiger partial charge in [-0.25, -0.2) is 0 Å². The lowest BCUT2D eigenvalue weighted by atomic mass is 10.1. The van der Waals surface area contributed by atoms with Crippen LogP contribution in [-0.2, 0) is 0 Å². The van der Waals surface area contributed by atoms with Gasteiger partial charge in [0.05, 0.1) is 5.56 Å². The molecule has 1 N–H and O–H groups in total. The molecule has 0 aliphatic heterocycles. The van der Waals surface area contributed by atoms with Crippen LogP contribution in [0.5, 0.6) is 5.75 Å². The van der Waals surface area contributed by atoms with E-state index in [-0.39, 0.29) is 11.3 Å². The fourth-order valence-corrected chi connectivity index (χ4v) is 1.16. The summed E-state index contributed by atoms with van der Waals surface area (Å²) in [6, 6.07) is 6.82. The normalized spacial score (nSPS) is 10.3. The first kappa shape index (κ1) is 10.6. The molecule has 14 heavy (non-hydrogen) atoms. The summed E-state index contributed by atoms with van der Waals surface area (Å²) in [5, 5.41) is 17.9. The number of allylic oxidation sites excluding steroid dienone is 1. The van der Waals surface area contributed by atoms with E-state index in [1.54, 1.807) is 12.1 Å². The molecule has 1 aromatic carbocycles. The molecule has 0 saturated carbocycles. The fourth-order valence-electron chi connectivity index (χ4n) is 1.03. The summed E-state index contributed by atoms with van der Waals surface area (Å²) in [4.78, 5) is 0. The third kappa shape index (κ3) is 2.79. The van der Waals surface area contributed by atoms with Crippen molar-refractivity contribution in [3.05, 3.63) is 35.4 Å². The van der Waals surface area contributed by atoms with Gasteiger partial charge in [0.2, 0.25) is 0 Å². The van der Waals surface area contributed by atoms with Crippen LogP contribution in [0.1, 0.15) is 17.5 Å². The zero-order valence-electron chi connectivity index (χ0n) is 7.57. The lowest BCUT2D eigenvalue weighted by Crippen LogP contribution is -1.79. The Labute approximate surface area is 88.1 Å². The molecule has 0 atom stereocenters. The van der Waals surface area contributed by atoms with E-state index in [2.05, 4.69) is 0 Å². The molecule has 1 aromatic rings. The molecule has 0 spiro atoms. The maximum absolute atomic E-state index is 9.24. The van der Waals surface area contributed by atoms with Crippen molar-refractivity contribution >= 4 is 17.7 Å². The Bertz CT molecular complexity index is 379. The van der Waals surface area contributed by atoms with Crippen molar-refractivity contribution in [3.8, 4) is 11.8 Å². The number of phenolic OH excluding ortho intramolecular Hbond substituents is 1. The molecule has 0 bridgehead atoms. The molecule has 0 amide bonds. The van der Waals surface area contributed by atoms with Crippen molar-refractivity contribution in [3.63, 3.8) is 0 Å². The van der Waals surface area contributed by atoms with E-state index in [1.165, 1.54) is 6.07 Å². The van der Waals surface area contributed by atoms with Crippen molar-refractivity contribution in [1.29, 1.82) is 5.26 Å². The summed E-state index contributed by atoms with van der Waals surface area (Å²) in [7, 11) is 0. The molecular weight excluding hydrogens is 198 g/mol. The number of benzene rings is 1. The second-order valence-corrected chi connectivity index (χ2v) is 3.15. The minimum Gasteiger partial charge on any atom is -0.507 e. The van der Waals surface area contributed by atoms with Crippen LogP contribution >= 0.6 is 11.6 Å². The molecule has 1 rings (SSSR count). The van der Waals surface area contributed by atoms with Gasteiger partial charge in [-0.2, -0.15) is 5.26 Å². The number of aromatic hydroxyl groups is 1. The van der Waals surface area contributed by atoms with Crippen LogP contribution in [0.25, 0.3) is 6.08 Å². The van der Waals surface area contributed by atoms with Crippen molar-refractivity contribution in [1.82, 2.24) is 0 Å². The Balaban J connectivity index is 2.86. The summed E-state index contributed by atoms with van der Waals surface area (Å²) < 4.78 is 0. The molecule has 2 nitrogen and oxygen atoms in total. The van der Waals surface area contributed by atoms with E-state index < -0.39 is 0 Å². The predicted octanol–water partition coefficient (Wildman–Crippen LogP) is 2.91. The number of nitriles is 1. The minimum atomic E-state index is 0.0157. The number of alkyl halides is 1. The van der Waals surface area contributed by atoms with E-state index in [9.17, 15) is 5.11 Å². The summed E-state index contributed by atoms with van der Waals surface area (Å²) in [6.45, 7) is 0. The molecule has 0 aliphatic carbocycles. The average Bonchev–Trinajstić information content (AvgIpc) is 2.21. The lowest BCUT2D eigenvalue weighted by molar-refractivity contribution is 0.473. The van der Waals surface area contributed by atoms with Crippen LogP contribution in [-0.4, -0.2) is 11.0 Å². The Morgan fingerprint density at radius 2 is 2.29 bits per heavy atom. The Hall–Kier alpha value is -1.46. The SMILES string of the molecule is N#Cc1cc(C=CCCCl)ccc1O. The van der Waals surface area contributed by atoms with Crippen LogP contribution in [0.15, 0.2) is 24.3 Å². The monoisotopic (exact) mass is 207 g/mol. The first-order chi connectivity index (χ1) is 6.77. The van der Waals surface area contributed by atoms with E-state index >= 15 is 0 Å². The maximum atomic E-state index is 9.24. The third-order valence-electron chi connectivity index (χ3n) is 1.73. The summed E-state index contributed by atoms with van der Waals surface area (Å²) in [5.74, 6) is 0.599. The molecule has 0 fully saturated rings. The standard InChI is InChI=1S/C11H10ClNO/c12-6-2-1-3-9-4-5-11(14)10(7-9)8-13/h1,3-5,7,14H,2,6H2. The zero-order valence-corrected chi connectivity index (χ0v) is 8.33. The van der Waals surface area contributed by atoms with Crippen LogP contribution in [0.4, 0.5) is 0 Å². The molecule has 0 unspecified atom stereocenters. The van der Waals surface area contributed by atoms with E-state index in [4.69, 9.17) is 16.9 Å². The molecule has 3 heteroatoms. The second kappa shape index (κ2) is 5.31. The summed E-state index contributed by atoms with van der Waals surface area (Å²) in [5.41, 5.74) is 1.18. The smallest absolute Gasteiger partial charge is 0.133 e. The average molecular weight is 208 g/mol. The van der Waals surface area contributed by atoms with Crippen molar-refractivity contribution in [2.45, 2.75) is 6.42 Å². The van der Waals surface area contributed by atoms with Gasteiger partial charge in [0, 0.05) is 5.88 Å². The van der Waals surface area contributed by atoms with Gasteiger partial charge in [0.15, 0.2) is 0 Å². The van der Waals surface area contributed by atoms with Gasteiger partial charge >= 0.3 is 0 Å². The van der Waals surface area contributed by atoms with Gasteiger partial charge in [-0.1, -0.05) is 18.2 Å². The van der Waals surface area contributed by atoms with E-state index in [0.717, 1.165) is 12.0 Å². The summed E-state index contributed by atoms with van der Waals surface area (Å²) >= 11 is 5.51. The van der Waals surface area contributed by atoms with Gasteiger partial charge in [0.25, 0.3) is 0 Å². The quantitative estimate of drug-likeness (QED) is 0.775. The molecule has 0 aliphatic rings. The van der Waals surface area contributed by atoms with Crippen LogP contribution in [0.3, 0.4) is 0 Å². The highest BCUT2D eigenvalue weighted by Gasteiger charge is 1.98. The highest BCUT2D eigenvalue weighted by Crippen LogP contribution is 2.18. The first-order valence-corrected chi connectivity index (χ1v) is 4.77. The highest BCUT2D eigenvalue weighted by molar-refractivity contribution is 6.17. The van der Waals surface area contributed by atoms with Gasteiger partial charge < -0.3 is 5.11 Å². The van der Waals surface area contributed by atoms with Gasteiger partial charge in [0.1, 0.15) is 11.8 Å². The Morgan fingerprint density at radius 3 is 2.93 bits per heavy atom. The predicted molar refractivity (Wildman–Crippen MR) is 57.2 cm³/mol. The molecule has 0 radical (unpaired) electrons. The highest BCUT2D eigenvalue weighted by atomic mass is 35.5. The Kier molecular flexibility index (Phi) is 4.03. The maximum Gasteiger partial charge on any atom is 0.133 e. The number of hydrogen-bond acceptors (Lipinski definition) is 2. The van der Waals surface area contributed by atoms with Crippen LogP contribution < -0.4 is 0 Å². The first-order valence-electron chi connectivity index (χ1n) is 4.23. The number of nitrogens with zero attached hydrogens (tertiary/aromatic N) is 1. The minimum absolute atomic E-state index is 0.0157. The van der Waals surface area contributed by atoms with Gasteiger partial charge in [-0.15, -0.1) is 11.6 Å². The van der Waals surface area contributed by atoms with Crippen LogP contribution in [0.2, 0.25) is 0 Å². The largest absolute Gasteiger partial charge is 0.507 e. The van der Waals surface area contributed by atoms with E-state index in [0.29, 0.717) is 5.88 Å². The molecule has 0 saturated heterocycles. The van der Waals surface area contributed by atoms with Gasteiger partial charge in [-0.05, 0) is 24.1 Å². The zero-order chi connectivity index (χ0) is 10.4. The van der Waals surface area contributed by atoms with Gasteiger partial charge in [-0.3, -0.25) is 0 Å². The molecule has 72 valence electrons. The number of phenols is 1. The lowest BCUT2D eigenvalue weighted by Gasteiger charge is -1.97. The molecular formula is C11H10ClNO. The second-order valence-electron chi connectivity index (χ2n) is 2.77. The number of rotatable bonds is 3. The van der Waals surface area contributed by atoms with Crippen molar-refractivity contribution < 1.29 is 5.11 Å². The molecule has 0 heterocycles. The fraction of sp³-hybridized carbons (Fsp3) is 0.182. The third-order valence-corrected chi connectivity index (χ3v) is 1.95. The number of hydrogen-bond donors (Lipinski definition) is 1. The topological polar surface area (TPSA) is 44.0 Å². The summed E-state index contributed by atoms with van der Waals surface area (Å²) in [6.07, 6.45) is 4.60. The van der Waals surface area contributed by atoms with E-state index in [1.807, 2.05) is 18.2 Å². The van der Waals surface area contributed by atoms with Crippen molar-refractivity contribution in [2.24, 2.45) is 0 Å². The van der Waals surface area contributed by atoms with Crippen molar-refractivity contribution in [2.75, 3.05) is 5.88 Å².